The largest absolute Gasteiger partial charge is 0.266 e. The van der Waals surface area contributed by atoms with E-state index in [4.69, 9.17) is 0 Å². The highest BCUT2D eigenvalue weighted by atomic mass is 127. The van der Waals surface area contributed by atoms with Gasteiger partial charge in [-0.2, -0.15) is 0 Å². The van der Waals surface area contributed by atoms with Gasteiger partial charge in [0.15, 0.2) is 0 Å². The van der Waals surface area contributed by atoms with Crippen LogP contribution in [0.25, 0.3) is 0 Å². The monoisotopic (exact) mass is 347 g/mol. The standard InChI is InChI=1S/C7H5BrF2IN/c8-1-4-2-12-3-5(6(4)11)7(9)10/h2-3,7H,1H2. The molecule has 12 heavy (non-hydrogen) atoms. The lowest BCUT2D eigenvalue weighted by Gasteiger charge is -2.05. The van der Waals surface area contributed by atoms with Gasteiger partial charge in [0.05, 0.1) is 0 Å². The molecule has 0 saturated carbocycles. The molecule has 0 fully saturated rings. The highest BCUT2D eigenvalue weighted by molar-refractivity contribution is 14.1. The quantitative estimate of drug-likeness (QED) is 0.589. The molecule has 0 radical (unpaired) electrons. The topological polar surface area (TPSA) is 12.9 Å². The minimum absolute atomic E-state index is 0.00699. The third-order valence-corrected chi connectivity index (χ3v) is 3.28. The van der Waals surface area contributed by atoms with E-state index < -0.39 is 6.43 Å². The smallest absolute Gasteiger partial charge is 0.264 e. The lowest BCUT2D eigenvalue weighted by atomic mass is 10.2. The van der Waals surface area contributed by atoms with Crippen molar-refractivity contribution in [3.63, 3.8) is 0 Å². The molecule has 1 heterocycles. The van der Waals surface area contributed by atoms with Gasteiger partial charge in [0, 0.05) is 26.9 Å². The number of aromatic nitrogens is 1. The van der Waals surface area contributed by atoms with E-state index in [1.807, 2.05) is 22.6 Å². The summed E-state index contributed by atoms with van der Waals surface area (Å²) >= 11 is 5.11. The van der Waals surface area contributed by atoms with Crippen molar-refractivity contribution in [2.45, 2.75) is 11.8 Å². The fourth-order valence-corrected chi connectivity index (χ4v) is 2.41. The molecule has 5 heteroatoms. The number of rotatable bonds is 2. The molecular formula is C7H5BrF2IN. The second kappa shape index (κ2) is 4.45. The van der Waals surface area contributed by atoms with Gasteiger partial charge in [-0.25, -0.2) is 8.78 Å². The van der Waals surface area contributed by atoms with E-state index in [-0.39, 0.29) is 5.56 Å². The van der Waals surface area contributed by atoms with E-state index in [1.165, 1.54) is 6.20 Å². The fourth-order valence-electron chi connectivity index (χ4n) is 0.752. The van der Waals surface area contributed by atoms with Crippen LogP contribution in [0.5, 0.6) is 0 Å². The zero-order chi connectivity index (χ0) is 9.14. The summed E-state index contributed by atoms with van der Waals surface area (Å²) in [5.41, 5.74) is 0.806. The molecule has 66 valence electrons. The molecule has 0 amide bonds. The van der Waals surface area contributed by atoms with Crippen LogP contribution in [0, 0.1) is 3.57 Å². The first kappa shape index (κ1) is 10.3. The average molecular weight is 348 g/mol. The van der Waals surface area contributed by atoms with Crippen LogP contribution in [0.3, 0.4) is 0 Å². The zero-order valence-electron chi connectivity index (χ0n) is 5.90. The van der Waals surface area contributed by atoms with Crippen molar-refractivity contribution >= 4 is 38.5 Å². The summed E-state index contributed by atoms with van der Waals surface area (Å²) in [6.45, 7) is 0. The maximum atomic E-state index is 12.3. The van der Waals surface area contributed by atoms with E-state index in [1.54, 1.807) is 6.20 Å². The van der Waals surface area contributed by atoms with Crippen molar-refractivity contribution in [1.29, 1.82) is 0 Å². The van der Waals surface area contributed by atoms with Crippen molar-refractivity contribution in [2.24, 2.45) is 0 Å². The van der Waals surface area contributed by atoms with Crippen LogP contribution in [0.4, 0.5) is 8.78 Å². The molecule has 0 bridgehead atoms. The van der Waals surface area contributed by atoms with Gasteiger partial charge < -0.3 is 0 Å². The van der Waals surface area contributed by atoms with Crippen molar-refractivity contribution < 1.29 is 8.78 Å². The average Bonchev–Trinajstić information content (AvgIpc) is 2.04. The summed E-state index contributed by atoms with van der Waals surface area (Å²) in [7, 11) is 0. The Kier molecular flexibility index (Phi) is 3.82. The van der Waals surface area contributed by atoms with Gasteiger partial charge in [-0.1, -0.05) is 15.9 Å². The first-order valence-electron chi connectivity index (χ1n) is 3.13. The molecule has 0 aliphatic rings. The molecule has 1 aromatic heterocycles. The summed E-state index contributed by atoms with van der Waals surface area (Å²) in [5.74, 6) is 0. The van der Waals surface area contributed by atoms with Gasteiger partial charge in [-0.05, 0) is 28.2 Å². The molecule has 0 atom stereocenters. The summed E-state index contributed by atoms with van der Waals surface area (Å²) in [6.07, 6.45) is 0.351. The zero-order valence-corrected chi connectivity index (χ0v) is 9.64. The maximum absolute atomic E-state index is 12.3. The normalized spacial score (nSPS) is 10.8. The van der Waals surface area contributed by atoms with Gasteiger partial charge in [0.25, 0.3) is 6.43 Å². The maximum Gasteiger partial charge on any atom is 0.266 e. The lowest BCUT2D eigenvalue weighted by molar-refractivity contribution is 0.150. The molecule has 1 nitrogen and oxygen atoms in total. The van der Waals surface area contributed by atoms with Gasteiger partial charge >= 0.3 is 0 Å². The predicted octanol–water partition coefficient (Wildman–Crippen LogP) is 3.52. The Morgan fingerprint density at radius 3 is 2.67 bits per heavy atom. The first-order valence-corrected chi connectivity index (χ1v) is 5.33. The Bertz CT molecular complexity index is 280. The lowest BCUT2D eigenvalue weighted by Crippen LogP contribution is -1.95. The second-order valence-electron chi connectivity index (χ2n) is 2.14. The molecule has 0 aliphatic carbocycles. The molecule has 0 spiro atoms. The van der Waals surface area contributed by atoms with Crippen LogP contribution in [0.2, 0.25) is 0 Å². The van der Waals surface area contributed by atoms with E-state index in [0.717, 1.165) is 5.56 Å². The van der Waals surface area contributed by atoms with E-state index >= 15 is 0 Å². The van der Waals surface area contributed by atoms with E-state index in [0.29, 0.717) is 8.90 Å². The van der Waals surface area contributed by atoms with Crippen LogP contribution in [-0.4, -0.2) is 4.98 Å². The summed E-state index contributed by atoms with van der Waals surface area (Å²) < 4.78 is 25.2. The van der Waals surface area contributed by atoms with Crippen LogP contribution in [0.15, 0.2) is 12.4 Å². The van der Waals surface area contributed by atoms with Gasteiger partial charge in [-0.15, -0.1) is 0 Å². The molecule has 0 saturated heterocycles. The third-order valence-electron chi connectivity index (χ3n) is 1.36. The van der Waals surface area contributed by atoms with Crippen LogP contribution in [-0.2, 0) is 5.33 Å². The third kappa shape index (κ3) is 2.12. The molecule has 0 aliphatic heterocycles. The number of alkyl halides is 3. The highest BCUT2D eigenvalue weighted by Gasteiger charge is 2.13. The molecule has 0 aromatic carbocycles. The Morgan fingerprint density at radius 1 is 1.50 bits per heavy atom. The molecule has 0 N–H and O–H groups in total. The van der Waals surface area contributed by atoms with Crippen molar-refractivity contribution in [3.05, 3.63) is 27.1 Å². The SMILES string of the molecule is FC(F)c1cncc(CBr)c1I. The number of halogens is 4. The van der Waals surface area contributed by atoms with Crippen LogP contribution >= 0.6 is 38.5 Å². The van der Waals surface area contributed by atoms with E-state index in [2.05, 4.69) is 20.9 Å². The molecular weight excluding hydrogens is 343 g/mol. The summed E-state index contributed by atoms with van der Waals surface area (Å²) in [5, 5.41) is 0.554. The van der Waals surface area contributed by atoms with Crippen LogP contribution < -0.4 is 0 Å². The number of hydrogen-bond acceptors (Lipinski definition) is 1. The minimum Gasteiger partial charge on any atom is -0.264 e. The van der Waals surface area contributed by atoms with Crippen molar-refractivity contribution in [2.75, 3.05) is 0 Å². The highest BCUT2D eigenvalue weighted by Crippen LogP contribution is 2.26. The Balaban J connectivity index is 3.14. The van der Waals surface area contributed by atoms with Gasteiger partial charge in [0.2, 0.25) is 0 Å². The first-order chi connectivity index (χ1) is 5.66. The predicted molar refractivity (Wildman–Crippen MR) is 54.5 cm³/mol. The molecule has 0 unspecified atom stereocenters. The number of hydrogen-bond donors (Lipinski definition) is 0. The Labute approximate surface area is 90.8 Å². The Hall–Kier alpha value is 0.220. The summed E-state index contributed by atoms with van der Waals surface area (Å²) in [6, 6.07) is 0. The Morgan fingerprint density at radius 2 is 2.17 bits per heavy atom. The minimum atomic E-state index is -2.44. The van der Waals surface area contributed by atoms with Gasteiger partial charge in [0.1, 0.15) is 0 Å². The van der Waals surface area contributed by atoms with Crippen LogP contribution in [0.1, 0.15) is 17.6 Å². The fraction of sp³-hybridized carbons (Fsp3) is 0.286. The molecule has 1 rings (SSSR count). The number of pyridine rings is 1. The van der Waals surface area contributed by atoms with E-state index in [9.17, 15) is 8.78 Å². The summed E-state index contributed by atoms with van der Waals surface area (Å²) in [4.78, 5) is 3.72. The van der Waals surface area contributed by atoms with Gasteiger partial charge in [-0.3, -0.25) is 4.98 Å². The van der Waals surface area contributed by atoms with Crippen molar-refractivity contribution in [3.8, 4) is 0 Å². The molecule has 1 aromatic rings. The number of nitrogens with zero attached hydrogens (tertiary/aromatic N) is 1. The second-order valence-corrected chi connectivity index (χ2v) is 3.78. The van der Waals surface area contributed by atoms with Crippen molar-refractivity contribution in [1.82, 2.24) is 4.98 Å².